The molecule has 0 spiro atoms. The molecule has 1 aromatic carbocycles. The van der Waals surface area contributed by atoms with E-state index in [2.05, 4.69) is 49.5 Å². The van der Waals surface area contributed by atoms with Gasteiger partial charge < -0.3 is 10.6 Å². The number of benzene rings is 1. The van der Waals surface area contributed by atoms with Gasteiger partial charge >= 0.3 is 6.18 Å². The molecule has 1 aromatic heterocycles. The summed E-state index contributed by atoms with van der Waals surface area (Å²) in [7, 11) is 1.74. The van der Waals surface area contributed by atoms with Crippen molar-refractivity contribution in [2.24, 2.45) is 5.41 Å². The van der Waals surface area contributed by atoms with Gasteiger partial charge in [0.1, 0.15) is 5.69 Å². The maximum absolute atomic E-state index is 13.7. The third-order valence-corrected chi connectivity index (χ3v) is 6.61. The van der Waals surface area contributed by atoms with E-state index in [4.69, 9.17) is 0 Å². The van der Waals surface area contributed by atoms with Crippen LogP contribution in [0.25, 0.3) is 11.1 Å². The first-order chi connectivity index (χ1) is 17.0. The molecule has 0 unspecified atom stereocenters. The smallest absolute Gasteiger partial charge is 0.388 e. The fraction of sp³-hybridized carbons (Fsp3) is 0.414. The van der Waals surface area contributed by atoms with Crippen LogP contribution in [0.5, 0.6) is 0 Å². The number of allylic oxidation sites excluding steroid dienone is 1. The van der Waals surface area contributed by atoms with E-state index in [0.29, 0.717) is 24.0 Å². The lowest BCUT2D eigenvalue weighted by Crippen LogP contribution is -2.21. The van der Waals surface area contributed by atoms with Gasteiger partial charge in [-0.25, -0.2) is 0 Å². The SMILES string of the molecule is C=C(NC)/C(C(=C)Nc1ccc(C(F)(F)F)cc1-c1ccc(C(C)(F)F)nc1)=C(/C)C(C)(C)CCCC. The van der Waals surface area contributed by atoms with Gasteiger partial charge in [0.15, 0.2) is 0 Å². The maximum Gasteiger partial charge on any atom is 0.416 e. The minimum atomic E-state index is -4.58. The number of hydrogen-bond donors (Lipinski definition) is 2. The Morgan fingerprint density at radius 1 is 0.973 bits per heavy atom. The van der Waals surface area contributed by atoms with Gasteiger partial charge in [-0.1, -0.05) is 58.4 Å². The Bertz CT molecular complexity index is 1150. The largest absolute Gasteiger partial charge is 0.416 e. The molecule has 2 N–H and O–H groups in total. The molecular formula is C29H36F5N3. The number of hydrogen-bond acceptors (Lipinski definition) is 3. The van der Waals surface area contributed by atoms with Crippen molar-refractivity contribution in [2.75, 3.05) is 12.4 Å². The maximum atomic E-state index is 13.7. The second-order valence-electron chi connectivity index (χ2n) is 9.90. The molecular weight excluding hydrogens is 485 g/mol. The third-order valence-electron chi connectivity index (χ3n) is 6.61. The van der Waals surface area contributed by atoms with Gasteiger partial charge in [0.25, 0.3) is 5.92 Å². The van der Waals surface area contributed by atoms with Crippen molar-refractivity contribution < 1.29 is 22.0 Å². The number of pyridine rings is 1. The number of aromatic nitrogens is 1. The molecule has 0 amide bonds. The van der Waals surface area contributed by atoms with E-state index in [1.807, 2.05) is 6.92 Å². The molecule has 1 heterocycles. The number of anilines is 1. The van der Waals surface area contributed by atoms with Gasteiger partial charge in [-0.2, -0.15) is 22.0 Å². The standard InChI is InChI=1S/C29H36F5N3/c1-9-10-15-27(5,6)18(2)26(19(3)35-8)20(4)37-24-13-12-22(29(32,33)34)16-23(24)21-11-14-25(36-17-21)28(7,30)31/h11-14,16-17,35,37H,3-4,9-10,15H2,1-2,5-8H3/b26-18+. The summed E-state index contributed by atoms with van der Waals surface area (Å²) in [5.41, 5.74) is 2.07. The van der Waals surface area contributed by atoms with Gasteiger partial charge in [-0.3, -0.25) is 4.98 Å². The Kier molecular flexibility index (Phi) is 9.33. The molecule has 8 heteroatoms. The molecule has 3 nitrogen and oxygen atoms in total. The molecule has 0 fully saturated rings. The molecule has 202 valence electrons. The quantitative estimate of drug-likeness (QED) is 0.229. The van der Waals surface area contributed by atoms with Gasteiger partial charge in [-0.15, -0.1) is 0 Å². The van der Waals surface area contributed by atoms with Gasteiger partial charge in [-0.05, 0) is 43.0 Å². The molecule has 0 bridgehead atoms. The zero-order valence-corrected chi connectivity index (χ0v) is 22.3. The number of halogens is 5. The molecule has 0 saturated carbocycles. The normalized spacial score (nSPS) is 13.2. The highest BCUT2D eigenvalue weighted by molar-refractivity contribution is 5.80. The molecule has 2 aromatic rings. The Morgan fingerprint density at radius 2 is 1.62 bits per heavy atom. The van der Waals surface area contributed by atoms with E-state index in [-0.39, 0.29) is 16.5 Å². The van der Waals surface area contributed by atoms with Crippen LogP contribution in [-0.2, 0) is 12.1 Å². The van der Waals surface area contributed by atoms with Crippen molar-refractivity contribution in [1.29, 1.82) is 0 Å². The fourth-order valence-electron chi connectivity index (χ4n) is 4.01. The summed E-state index contributed by atoms with van der Waals surface area (Å²) in [6.07, 6.45) is -0.414. The predicted molar refractivity (Wildman–Crippen MR) is 141 cm³/mol. The van der Waals surface area contributed by atoms with Crippen molar-refractivity contribution in [2.45, 2.75) is 66.0 Å². The van der Waals surface area contributed by atoms with Crippen LogP contribution in [0.3, 0.4) is 0 Å². The Hall–Kier alpha value is -3.16. The number of unbranched alkanes of at least 4 members (excludes halogenated alkanes) is 1. The Balaban J connectivity index is 2.62. The molecule has 0 aliphatic carbocycles. The Morgan fingerprint density at radius 3 is 2.11 bits per heavy atom. The Labute approximate surface area is 216 Å². The van der Waals surface area contributed by atoms with E-state index in [1.54, 1.807) is 7.05 Å². The van der Waals surface area contributed by atoms with E-state index in [1.165, 1.54) is 12.1 Å². The first kappa shape index (κ1) is 30.1. The van der Waals surface area contributed by atoms with Crippen LogP contribution in [-0.4, -0.2) is 12.0 Å². The first-order valence-corrected chi connectivity index (χ1v) is 12.1. The molecule has 2 rings (SSSR count). The topological polar surface area (TPSA) is 37.0 Å². The van der Waals surface area contributed by atoms with E-state index in [0.717, 1.165) is 54.8 Å². The van der Waals surface area contributed by atoms with Gasteiger partial charge in [0, 0.05) is 53.9 Å². The van der Waals surface area contributed by atoms with E-state index in [9.17, 15) is 22.0 Å². The molecule has 37 heavy (non-hydrogen) atoms. The van der Waals surface area contributed by atoms with Crippen LogP contribution in [0.1, 0.15) is 65.1 Å². The minimum Gasteiger partial charge on any atom is -0.388 e. The summed E-state index contributed by atoms with van der Waals surface area (Å²) in [6.45, 7) is 17.4. The lowest BCUT2D eigenvalue weighted by atomic mass is 9.77. The highest BCUT2D eigenvalue weighted by Gasteiger charge is 2.32. The summed E-state index contributed by atoms with van der Waals surface area (Å²) in [5, 5.41) is 6.21. The van der Waals surface area contributed by atoms with Crippen molar-refractivity contribution in [3.8, 4) is 11.1 Å². The fourth-order valence-corrected chi connectivity index (χ4v) is 4.01. The number of alkyl halides is 5. The van der Waals surface area contributed by atoms with E-state index < -0.39 is 23.4 Å². The minimum absolute atomic E-state index is 0.159. The highest BCUT2D eigenvalue weighted by atomic mass is 19.4. The van der Waals surface area contributed by atoms with Crippen LogP contribution in [0.15, 0.2) is 72.2 Å². The van der Waals surface area contributed by atoms with Crippen molar-refractivity contribution in [3.05, 3.63) is 83.5 Å². The average molecular weight is 522 g/mol. The molecule has 0 aliphatic heterocycles. The summed E-state index contributed by atoms with van der Waals surface area (Å²) in [6, 6.07) is 5.71. The first-order valence-electron chi connectivity index (χ1n) is 12.1. The lowest BCUT2D eigenvalue weighted by Gasteiger charge is -2.31. The monoisotopic (exact) mass is 521 g/mol. The summed E-state index contributed by atoms with van der Waals surface area (Å²) in [5.74, 6) is -3.17. The van der Waals surface area contributed by atoms with Crippen molar-refractivity contribution >= 4 is 5.69 Å². The summed E-state index contributed by atoms with van der Waals surface area (Å²) < 4.78 is 67.9. The highest BCUT2D eigenvalue weighted by Crippen LogP contribution is 2.40. The average Bonchev–Trinajstić information content (AvgIpc) is 2.81. The van der Waals surface area contributed by atoms with Crippen LogP contribution in [0, 0.1) is 5.41 Å². The van der Waals surface area contributed by atoms with Gasteiger partial charge in [0.05, 0.1) is 5.56 Å². The van der Waals surface area contributed by atoms with Gasteiger partial charge in [0.2, 0.25) is 0 Å². The predicted octanol–water partition coefficient (Wildman–Crippen LogP) is 9.07. The van der Waals surface area contributed by atoms with Crippen molar-refractivity contribution in [3.63, 3.8) is 0 Å². The van der Waals surface area contributed by atoms with Crippen molar-refractivity contribution in [1.82, 2.24) is 10.3 Å². The third kappa shape index (κ3) is 7.43. The van der Waals surface area contributed by atoms with Crippen LogP contribution < -0.4 is 10.6 Å². The van der Waals surface area contributed by atoms with E-state index >= 15 is 0 Å². The second-order valence-corrected chi connectivity index (χ2v) is 9.90. The number of likely N-dealkylation sites (N-methyl/N-ethyl adjacent to an activating group) is 1. The second kappa shape index (κ2) is 11.5. The number of rotatable bonds is 11. The molecule has 0 saturated heterocycles. The zero-order valence-electron chi connectivity index (χ0n) is 22.3. The number of nitrogens with one attached hydrogen (secondary N) is 2. The van der Waals surface area contributed by atoms with Crippen LogP contribution >= 0.6 is 0 Å². The van der Waals surface area contributed by atoms with Crippen LogP contribution in [0.4, 0.5) is 27.6 Å². The molecule has 0 aliphatic rings. The summed E-state index contributed by atoms with van der Waals surface area (Å²) >= 11 is 0. The lowest BCUT2D eigenvalue weighted by molar-refractivity contribution is -0.137. The molecule has 0 atom stereocenters. The zero-order chi connectivity index (χ0) is 28.2. The van der Waals surface area contributed by atoms with Crippen LogP contribution in [0.2, 0.25) is 0 Å². The summed E-state index contributed by atoms with van der Waals surface area (Å²) in [4.78, 5) is 3.79. The number of nitrogens with zero attached hydrogens (tertiary/aromatic N) is 1. The molecule has 0 radical (unpaired) electrons.